The number of aryl methyl sites for hydroxylation is 2. The van der Waals surface area contributed by atoms with E-state index in [9.17, 15) is 15.0 Å². The minimum Gasteiger partial charge on any atom is -0.508 e. The molecule has 1 aliphatic rings. The highest BCUT2D eigenvalue weighted by molar-refractivity contribution is 5.86. The van der Waals surface area contributed by atoms with Crippen molar-refractivity contribution < 1.29 is 19.7 Å². The zero-order valence-corrected chi connectivity index (χ0v) is 19.8. The van der Waals surface area contributed by atoms with Gasteiger partial charge in [-0.25, -0.2) is 4.79 Å². The summed E-state index contributed by atoms with van der Waals surface area (Å²) in [4.78, 5) is 11.4. The van der Waals surface area contributed by atoms with Crippen LogP contribution in [0.25, 0.3) is 0 Å². The van der Waals surface area contributed by atoms with Crippen molar-refractivity contribution in [3.05, 3.63) is 58.2 Å². The number of carboxylic acid groups (broad SMARTS) is 1. The number of phenolic OH excluding ortho intramolecular Hbond substituents is 1. The maximum absolute atomic E-state index is 11.4. The Hall–Kier alpha value is -2.49. The summed E-state index contributed by atoms with van der Waals surface area (Å²) in [5.41, 5.74) is 4.88. The second-order valence-corrected chi connectivity index (χ2v) is 9.29. The predicted octanol–water partition coefficient (Wildman–Crippen LogP) is 7.05. The van der Waals surface area contributed by atoms with E-state index in [0.717, 1.165) is 61.8 Å². The molecule has 0 radical (unpaired) electrons. The van der Waals surface area contributed by atoms with E-state index in [4.69, 9.17) is 4.74 Å². The summed E-state index contributed by atoms with van der Waals surface area (Å²) in [6, 6.07) is 3.57. The van der Waals surface area contributed by atoms with Gasteiger partial charge in [0, 0.05) is 5.57 Å². The second kappa shape index (κ2) is 11.2. The van der Waals surface area contributed by atoms with Gasteiger partial charge in [-0.1, -0.05) is 29.4 Å². The number of carboxylic acids is 1. The number of hydrogen-bond donors (Lipinski definition) is 2. The minimum atomic E-state index is -0.810. The van der Waals surface area contributed by atoms with Crippen LogP contribution < -0.4 is 4.74 Å². The maximum Gasteiger partial charge on any atom is 0.331 e. The fraction of sp³-hybridized carbons (Fsp3) is 0.519. The summed E-state index contributed by atoms with van der Waals surface area (Å²) in [5, 5.41) is 19.2. The first kappa shape index (κ1) is 24.8. The van der Waals surface area contributed by atoms with Crippen LogP contribution in [0.3, 0.4) is 0 Å². The lowest BCUT2D eigenvalue weighted by atomic mass is 9.87. The van der Waals surface area contributed by atoms with E-state index in [2.05, 4.69) is 26.0 Å². The van der Waals surface area contributed by atoms with Crippen molar-refractivity contribution >= 4 is 5.97 Å². The lowest BCUT2D eigenvalue weighted by Gasteiger charge is -2.36. The van der Waals surface area contributed by atoms with Crippen LogP contribution in [0, 0.1) is 6.92 Å². The number of aromatic hydroxyl groups is 1. The van der Waals surface area contributed by atoms with Gasteiger partial charge in [0.25, 0.3) is 0 Å². The summed E-state index contributed by atoms with van der Waals surface area (Å²) in [5.74, 6) is 0.417. The molecule has 0 aromatic heterocycles. The van der Waals surface area contributed by atoms with E-state index in [1.54, 1.807) is 6.07 Å². The van der Waals surface area contributed by atoms with E-state index in [1.807, 2.05) is 32.9 Å². The van der Waals surface area contributed by atoms with Gasteiger partial charge in [0.1, 0.15) is 17.1 Å². The maximum atomic E-state index is 11.4. The van der Waals surface area contributed by atoms with Crippen molar-refractivity contribution in [1.82, 2.24) is 0 Å². The van der Waals surface area contributed by atoms with Gasteiger partial charge in [-0.3, -0.25) is 0 Å². The SMILES string of the molecule is CC(C)=CCC/C(=C/CC/C(C)=C/CC[C@@]1(C)CCc2cc(O)cc(C)c2O1)C(=O)O. The third kappa shape index (κ3) is 7.93. The molecule has 1 aromatic rings. The fourth-order valence-electron chi connectivity index (χ4n) is 4.04. The van der Waals surface area contributed by atoms with E-state index < -0.39 is 5.97 Å². The smallest absolute Gasteiger partial charge is 0.331 e. The van der Waals surface area contributed by atoms with Crippen molar-refractivity contribution in [3.63, 3.8) is 0 Å². The monoisotopic (exact) mass is 426 g/mol. The molecule has 1 aromatic carbocycles. The molecule has 2 rings (SSSR count). The Morgan fingerprint density at radius 2 is 1.81 bits per heavy atom. The number of benzene rings is 1. The molecule has 4 nitrogen and oxygen atoms in total. The van der Waals surface area contributed by atoms with Crippen LogP contribution in [-0.2, 0) is 11.2 Å². The van der Waals surface area contributed by atoms with Gasteiger partial charge in [-0.05, 0) is 109 Å². The Morgan fingerprint density at radius 3 is 2.48 bits per heavy atom. The average molecular weight is 427 g/mol. The minimum absolute atomic E-state index is 0.202. The van der Waals surface area contributed by atoms with Gasteiger partial charge in [-0.2, -0.15) is 0 Å². The van der Waals surface area contributed by atoms with Crippen molar-refractivity contribution in [1.29, 1.82) is 0 Å². The van der Waals surface area contributed by atoms with Crippen molar-refractivity contribution in [2.24, 2.45) is 0 Å². The highest BCUT2D eigenvalue weighted by atomic mass is 16.5. The molecular formula is C27H38O4. The molecule has 0 bridgehead atoms. The third-order valence-electron chi connectivity index (χ3n) is 5.94. The second-order valence-electron chi connectivity index (χ2n) is 9.29. The lowest BCUT2D eigenvalue weighted by molar-refractivity contribution is -0.132. The number of allylic oxidation sites excluding steroid dienone is 5. The van der Waals surface area contributed by atoms with Crippen LogP contribution >= 0.6 is 0 Å². The number of hydrogen-bond acceptors (Lipinski definition) is 3. The molecule has 0 amide bonds. The first-order valence-corrected chi connectivity index (χ1v) is 11.3. The number of phenols is 1. The van der Waals surface area contributed by atoms with Crippen molar-refractivity contribution in [2.45, 2.75) is 91.6 Å². The summed E-state index contributed by atoms with van der Waals surface area (Å²) >= 11 is 0. The molecule has 4 heteroatoms. The Bertz CT molecular complexity index is 871. The molecule has 0 saturated heterocycles. The lowest BCUT2D eigenvalue weighted by Crippen LogP contribution is -2.36. The highest BCUT2D eigenvalue weighted by Crippen LogP contribution is 2.39. The normalized spacial score (nSPS) is 18.9. The van der Waals surface area contributed by atoms with Crippen molar-refractivity contribution in [3.8, 4) is 11.5 Å². The molecule has 0 aliphatic carbocycles. The zero-order valence-electron chi connectivity index (χ0n) is 19.8. The van der Waals surface area contributed by atoms with E-state index in [0.29, 0.717) is 17.7 Å². The molecule has 1 aliphatic heterocycles. The Kier molecular flexibility index (Phi) is 8.97. The summed E-state index contributed by atoms with van der Waals surface area (Å²) in [6.45, 7) is 10.3. The fourth-order valence-corrected chi connectivity index (χ4v) is 4.04. The molecule has 0 fully saturated rings. The molecule has 0 saturated carbocycles. The molecule has 2 N–H and O–H groups in total. The highest BCUT2D eigenvalue weighted by Gasteiger charge is 2.31. The van der Waals surface area contributed by atoms with Crippen LogP contribution in [0.2, 0.25) is 0 Å². The van der Waals surface area contributed by atoms with Crippen LogP contribution in [0.4, 0.5) is 0 Å². The topological polar surface area (TPSA) is 66.8 Å². The van der Waals surface area contributed by atoms with Crippen LogP contribution in [0.15, 0.2) is 47.1 Å². The standard InChI is InChI=1S/C27H38O4/c1-19(2)9-6-12-22(26(29)30)13-7-10-20(3)11-8-15-27(5)16-14-23-18-24(28)17-21(4)25(23)31-27/h9,11,13,17-18,28H,6-8,10,12,14-16H2,1-5H3,(H,29,30)/b20-11+,22-13-/t27-/m0/s1. The van der Waals surface area contributed by atoms with Crippen LogP contribution in [0.5, 0.6) is 11.5 Å². The summed E-state index contributed by atoms with van der Waals surface area (Å²) < 4.78 is 6.36. The number of ether oxygens (including phenoxy) is 1. The molecule has 1 atom stereocenters. The van der Waals surface area contributed by atoms with Gasteiger partial charge in [0.2, 0.25) is 0 Å². The van der Waals surface area contributed by atoms with Gasteiger partial charge in [0.15, 0.2) is 0 Å². The average Bonchev–Trinajstić information content (AvgIpc) is 2.67. The van der Waals surface area contributed by atoms with Crippen molar-refractivity contribution in [2.75, 3.05) is 0 Å². The number of aliphatic carboxylic acids is 1. The van der Waals surface area contributed by atoms with Gasteiger partial charge in [-0.15, -0.1) is 0 Å². The first-order valence-electron chi connectivity index (χ1n) is 11.3. The molecule has 31 heavy (non-hydrogen) atoms. The van der Waals surface area contributed by atoms with E-state index in [-0.39, 0.29) is 5.60 Å². The third-order valence-corrected chi connectivity index (χ3v) is 5.94. The predicted molar refractivity (Wildman–Crippen MR) is 127 cm³/mol. The van der Waals surface area contributed by atoms with Crippen LogP contribution in [-0.4, -0.2) is 21.8 Å². The summed E-state index contributed by atoms with van der Waals surface area (Å²) in [6.07, 6.45) is 12.9. The van der Waals surface area contributed by atoms with Crippen LogP contribution in [0.1, 0.15) is 83.8 Å². The zero-order chi connectivity index (χ0) is 23.0. The Balaban J connectivity index is 1.85. The molecular weight excluding hydrogens is 388 g/mol. The molecule has 1 heterocycles. The summed E-state index contributed by atoms with van der Waals surface area (Å²) in [7, 11) is 0. The van der Waals surface area contributed by atoms with Gasteiger partial charge >= 0.3 is 5.97 Å². The van der Waals surface area contributed by atoms with Gasteiger partial charge in [0.05, 0.1) is 0 Å². The Morgan fingerprint density at radius 1 is 1.10 bits per heavy atom. The number of rotatable bonds is 10. The van der Waals surface area contributed by atoms with Gasteiger partial charge < -0.3 is 14.9 Å². The first-order chi connectivity index (χ1) is 14.6. The molecule has 0 spiro atoms. The molecule has 0 unspecified atom stereocenters. The van der Waals surface area contributed by atoms with E-state index in [1.165, 1.54) is 11.1 Å². The quantitative estimate of drug-likeness (QED) is 0.311. The largest absolute Gasteiger partial charge is 0.508 e. The van der Waals surface area contributed by atoms with E-state index >= 15 is 0 Å². The Labute approximate surface area is 187 Å². The number of carbonyl (C=O) groups is 1. The molecule has 170 valence electrons. The number of fused-ring (bicyclic) bond motifs is 1.